The van der Waals surface area contributed by atoms with E-state index in [9.17, 15) is 22.8 Å². The Morgan fingerprint density at radius 3 is 2.56 bits per heavy atom. The van der Waals surface area contributed by atoms with Crippen LogP contribution in [0.25, 0.3) is 0 Å². The fourth-order valence-electron chi connectivity index (χ4n) is 0.970. The number of rotatable bonds is 2. The molecule has 5 nitrogen and oxygen atoms in total. The minimum absolute atomic E-state index is 0.329. The Labute approximate surface area is 104 Å². The molecule has 0 bridgehead atoms. The number of hydrogen-bond acceptors (Lipinski definition) is 3. The van der Waals surface area contributed by atoms with Gasteiger partial charge in [0.15, 0.2) is 0 Å². The van der Waals surface area contributed by atoms with Crippen LogP contribution < -0.4 is 10.6 Å². The lowest BCUT2D eigenvalue weighted by atomic mass is 10.3. The minimum Gasteiger partial charge on any atom is -0.292 e. The van der Waals surface area contributed by atoms with E-state index in [1.807, 2.05) is 5.32 Å². The molecule has 0 aliphatic carbocycles. The first-order valence-corrected chi connectivity index (χ1v) is 5.07. The maximum absolute atomic E-state index is 12.3. The second-order valence-corrected chi connectivity index (χ2v) is 3.31. The number of carbonyl (C=O) groups excluding carboxylic acids is 2. The van der Waals surface area contributed by atoms with Crippen LogP contribution >= 0.6 is 11.6 Å². The zero-order valence-corrected chi connectivity index (χ0v) is 9.47. The number of hydrogen-bond donors (Lipinski definition) is 2. The maximum atomic E-state index is 12.3. The minimum atomic E-state index is -4.61. The van der Waals surface area contributed by atoms with Crippen molar-refractivity contribution in [3.63, 3.8) is 0 Å². The van der Waals surface area contributed by atoms with Gasteiger partial charge in [-0.2, -0.15) is 13.2 Å². The maximum Gasteiger partial charge on any atom is 0.433 e. The second-order valence-electron chi connectivity index (χ2n) is 3.04. The van der Waals surface area contributed by atoms with Gasteiger partial charge in [-0.3, -0.25) is 15.4 Å². The van der Waals surface area contributed by atoms with Gasteiger partial charge in [0.05, 0.1) is 0 Å². The Morgan fingerprint density at radius 2 is 2.00 bits per heavy atom. The molecule has 3 amide bonds. The smallest absolute Gasteiger partial charge is 0.292 e. The number of urea groups is 1. The van der Waals surface area contributed by atoms with Gasteiger partial charge in [0.1, 0.15) is 17.4 Å². The SMILES string of the molecule is O=C(CCl)NC(=O)Nc1cccc(C(F)(F)F)n1. The Hall–Kier alpha value is -1.83. The van der Waals surface area contributed by atoms with Crippen molar-refractivity contribution in [3.8, 4) is 0 Å². The first-order chi connectivity index (χ1) is 8.32. The average Bonchev–Trinajstić information content (AvgIpc) is 2.27. The lowest BCUT2D eigenvalue weighted by Gasteiger charge is -2.08. The number of nitrogens with zero attached hydrogens (tertiary/aromatic N) is 1. The van der Waals surface area contributed by atoms with E-state index in [2.05, 4.69) is 4.98 Å². The summed E-state index contributed by atoms with van der Waals surface area (Å²) in [5.41, 5.74) is -1.15. The summed E-state index contributed by atoms with van der Waals surface area (Å²) in [5, 5.41) is 3.77. The first-order valence-electron chi connectivity index (χ1n) is 4.54. The van der Waals surface area contributed by atoms with Gasteiger partial charge in [-0.05, 0) is 12.1 Å². The van der Waals surface area contributed by atoms with Gasteiger partial charge in [0.25, 0.3) is 0 Å². The monoisotopic (exact) mass is 281 g/mol. The summed E-state index contributed by atoms with van der Waals surface area (Å²) < 4.78 is 36.9. The Morgan fingerprint density at radius 1 is 1.33 bits per heavy atom. The molecule has 18 heavy (non-hydrogen) atoms. The molecule has 0 aliphatic rings. The number of pyridine rings is 1. The van der Waals surface area contributed by atoms with Gasteiger partial charge in [-0.15, -0.1) is 11.6 Å². The van der Waals surface area contributed by atoms with Crippen LogP contribution in [0.3, 0.4) is 0 Å². The fourth-order valence-corrected chi connectivity index (χ4v) is 1.04. The quantitative estimate of drug-likeness (QED) is 0.814. The highest BCUT2D eigenvalue weighted by Crippen LogP contribution is 2.27. The lowest BCUT2D eigenvalue weighted by Crippen LogP contribution is -2.35. The van der Waals surface area contributed by atoms with Gasteiger partial charge in [-0.25, -0.2) is 9.78 Å². The molecule has 1 aromatic heterocycles. The molecular weight excluding hydrogens is 275 g/mol. The summed E-state index contributed by atoms with van der Waals surface area (Å²) in [6.45, 7) is 0. The van der Waals surface area contributed by atoms with Gasteiger partial charge in [-0.1, -0.05) is 6.07 Å². The highest BCUT2D eigenvalue weighted by atomic mass is 35.5. The molecule has 0 saturated heterocycles. The molecule has 0 fully saturated rings. The molecule has 9 heteroatoms. The molecule has 0 aliphatic heterocycles. The summed E-state index contributed by atoms with van der Waals surface area (Å²) in [4.78, 5) is 25.0. The topological polar surface area (TPSA) is 71.1 Å². The van der Waals surface area contributed by atoms with Crippen LogP contribution in [0.4, 0.5) is 23.8 Å². The number of halogens is 4. The average molecular weight is 282 g/mol. The number of carbonyl (C=O) groups is 2. The third-order valence-electron chi connectivity index (χ3n) is 1.66. The highest BCUT2D eigenvalue weighted by molar-refractivity contribution is 6.28. The summed E-state index contributed by atoms with van der Waals surface area (Å²) in [6, 6.07) is 1.98. The van der Waals surface area contributed by atoms with Crippen molar-refractivity contribution in [1.29, 1.82) is 0 Å². The third kappa shape index (κ3) is 4.21. The molecule has 0 radical (unpaired) electrons. The number of alkyl halides is 4. The van der Waals surface area contributed by atoms with Crippen LogP contribution in [0, 0.1) is 0 Å². The normalized spacial score (nSPS) is 10.9. The fraction of sp³-hybridized carbons (Fsp3) is 0.222. The van der Waals surface area contributed by atoms with Crippen molar-refractivity contribution >= 4 is 29.4 Å². The largest absolute Gasteiger partial charge is 0.433 e. The van der Waals surface area contributed by atoms with Gasteiger partial charge < -0.3 is 0 Å². The van der Waals surface area contributed by atoms with Gasteiger partial charge in [0, 0.05) is 0 Å². The van der Waals surface area contributed by atoms with E-state index in [-0.39, 0.29) is 5.82 Å². The zero-order valence-electron chi connectivity index (χ0n) is 8.71. The molecule has 0 spiro atoms. The molecule has 0 atom stereocenters. The van der Waals surface area contributed by atoms with Gasteiger partial charge in [0.2, 0.25) is 5.91 Å². The first kappa shape index (κ1) is 14.2. The number of anilines is 1. The molecular formula is C9H7ClF3N3O2. The summed E-state index contributed by atoms with van der Waals surface area (Å²) in [6.07, 6.45) is -4.61. The standard InChI is InChI=1S/C9H7ClF3N3O2/c10-4-7(17)16-8(18)15-6-3-1-2-5(14-6)9(11,12)13/h1-3H,4H2,(H2,14,15,16,17,18). The summed E-state index contributed by atoms with van der Waals surface area (Å²) in [7, 11) is 0. The van der Waals surface area contributed by atoms with E-state index < -0.39 is 29.7 Å². The van der Waals surface area contributed by atoms with Crippen LogP contribution in [-0.2, 0) is 11.0 Å². The van der Waals surface area contributed by atoms with Crippen LogP contribution in [-0.4, -0.2) is 22.8 Å². The van der Waals surface area contributed by atoms with E-state index in [4.69, 9.17) is 11.6 Å². The Balaban J connectivity index is 2.74. The van der Waals surface area contributed by atoms with Crippen molar-refractivity contribution in [2.45, 2.75) is 6.18 Å². The van der Waals surface area contributed by atoms with Crippen LogP contribution in [0.1, 0.15) is 5.69 Å². The van der Waals surface area contributed by atoms with Crippen molar-refractivity contribution in [1.82, 2.24) is 10.3 Å². The number of nitrogens with one attached hydrogen (secondary N) is 2. The molecule has 1 rings (SSSR count). The molecule has 2 N–H and O–H groups in total. The van der Waals surface area contributed by atoms with Crippen molar-refractivity contribution in [3.05, 3.63) is 23.9 Å². The highest BCUT2D eigenvalue weighted by Gasteiger charge is 2.32. The van der Waals surface area contributed by atoms with Crippen LogP contribution in [0.15, 0.2) is 18.2 Å². The molecule has 0 unspecified atom stereocenters. The van der Waals surface area contributed by atoms with Crippen LogP contribution in [0.5, 0.6) is 0 Å². The Bertz CT molecular complexity index is 465. The zero-order chi connectivity index (χ0) is 13.8. The summed E-state index contributed by atoms with van der Waals surface area (Å²) in [5.74, 6) is -1.55. The van der Waals surface area contributed by atoms with Crippen LogP contribution in [0.2, 0.25) is 0 Å². The number of amides is 3. The molecule has 0 aromatic carbocycles. The van der Waals surface area contributed by atoms with Gasteiger partial charge >= 0.3 is 12.2 Å². The second kappa shape index (κ2) is 5.67. The van der Waals surface area contributed by atoms with Crippen molar-refractivity contribution in [2.24, 2.45) is 0 Å². The van der Waals surface area contributed by atoms with E-state index >= 15 is 0 Å². The third-order valence-corrected chi connectivity index (χ3v) is 1.90. The number of aromatic nitrogens is 1. The predicted molar refractivity (Wildman–Crippen MR) is 57.1 cm³/mol. The van der Waals surface area contributed by atoms with E-state index in [0.717, 1.165) is 18.2 Å². The molecule has 98 valence electrons. The molecule has 0 saturated carbocycles. The van der Waals surface area contributed by atoms with Crippen molar-refractivity contribution < 1.29 is 22.8 Å². The summed E-state index contributed by atoms with van der Waals surface area (Å²) >= 11 is 5.13. The van der Waals surface area contributed by atoms with Crippen molar-refractivity contribution in [2.75, 3.05) is 11.2 Å². The molecule has 1 heterocycles. The number of imide groups is 1. The van der Waals surface area contributed by atoms with E-state index in [1.165, 1.54) is 0 Å². The van der Waals surface area contributed by atoms with E-state index in [1.54, 1.807) is 5.32 Å². The van der Waals surface area contributed by atoms with E-state index in [0.29, 0.717) is 0 Å². The predicted octanol–water partition coefficient (Wildman–Crippen LogP) is 1.99. The lowest BCUT2D eigenvalue weighted by molar-refractivity contribution is -0.141. The molecule has 1 aromatic rings. The Kier molecular flexibility index (Phi) is 4.49.